The van der Waals surface area contributed by atoms with E-state index < -0.39 is 11.2 Å². The van der Waals surface area contributed by atoms with E-state index in [9.17, 15) is 9.59 Å². The van der Waals surface area contributed by atoms with Gasteiger partial charge in [-0.3, -0.25) is 9.59 Å². The molecule has 24 heavy (non-hydrogen) atoms. The average Bonchev–Trinajstić information content (AvgIpc) is 3.12. The third-order valence-corrected chi connectivity index (χ3v) is 5.30. The summed E-state index contributed by atoms with van der Waals surface area (Å²) in [5.74, 6) is -0.801. The molecule has 2 heterocycles. The molecule has 3 rings (SSSR count). The molecule has 0 aliphatic carbocycles. The number of thioether (sulfide) groups is 1. The van der Waals surface area contributed by atoms with E-state index in [4.69, 9.17) is 17.3 Å². The van der Waals surface area contributed by atoms with Crippen LogP contribution in [0.4, 0.5) is 5.00 Å². The number of imidazole rings is 1. The van der Waals surface area contributed by atoms with Crippen LogP contribution in [0.3, 0.4) is 0 Å². The lowest BCUT2D eigenvalue weighted by molar-refractivity contribution is -0.115. The monoisotopic (exact) mass is 380 g/mol. The number of primary amides is 1. The second kappa shape index (κ2) is 6.84. The van der Waals surface area contributed by atoms with Gasteiger partial charge in [-0.05, 0) is 36.6 Å². The lowest BCUT2D eigenvalue weighted by atomic mass is 10.3. The second-order valence-electron chi connectivity index (χ2n) is 4.98. The number of thiophene rings is 1. The van der Waals surface area contributed by atoms with Crippen LogP contribution in [0.5, 0.6) is 0 Å². The van der Waals surface area contributed by atoms with E-state index in [1.165, 1.54) is 23.1 Å². The van der Waals surface area contributed by atoms with E-state index >= 15 is 0 Å². The van der Waals surface area contributed by atoms with Crippen molar-refractivity contribution >= 4 is 62.5 Å². The predicted molar refractivity (Wildman–Crippen MR) is 97.9 cm³/mol. The van der Waals surface area contributed by atoms with Crippen LogP contribution in [-0.2, 0) is 4.79 Å². The molecular formula is C15H13ClN4O2S2. The lowest BCUT2D eigenvalue weighted by Crippen LogP contribution is -2.23. The Bertz CT molecular complexity index is 921. The maximum Gasteiger partial charge on any atom is 0.251 e. The minimum absolute atomic E-state index is 0.233. The van der Waals surface area contributed by atoms with Gasteiger partial charge < -0.3 is 16.0 Å². The van der Waals surface area contributed by atoms with Gasteiger partial charge >= 0.3 is 0 Å². The van der Waals surface area contributed by atoms with E-state index in [0.717, 1.165) is 11.0 Å². The number of anilines is 1. The largest absolute Gasteiger partial charge is 0.366 e. The van der Waals surface area contributed by atoms with Crippen LogP contribution < -0.4 is 11.1 Å². The highest BCUT2D eigenvalue weighted by Crippen LogP contribution is 2.27. The fourth-order valence-electron chi connectivity index (χ4n) is 2.05. The normalized spacial score (nSPS) is 12.2. The number of nitrogens with zero attached hydrogens (tertiary/aromatic N) is 1. The summed E-state index contributed by atoms with van der Waals surface area (Å²) in [6.45, 7) is 1.76. The first-order valence-corrected chi connectivity index (χ1v) is 9.08. The van der Waals surface area contributed by atoms with Gasteiger partial charge in [0.05, 0.1) is 21.8 Å². The van der Waals surface area contributed by atoms with Gasteiger partial charge in [0.1, 0.15) is 5.00 Å². The fourth-order valence-corrected chi connectivity index (χ4v) is 3.84. The summed E-state index contributed by atoms with van der Waals surface area (Å²) in [5.41, 5.74) is 7.18. The Morgan fingerprint density at radius 3 is 2.96 bits per heavy atom. The Hall–Kier alpha value is -2.03. The van der Waals surface area contributed by atoms with Gasteiger partial charge in [-0.25, -0.2) is 4.98 Å². The number of aromatic nitrogens is 2. The number of fused-ring (bicyclic) bond motifs is 1. The zero-order chi connectivity index (χ0) is 17.3. The highest BCUT2D eigenvalue weighted by atomic mass is 35.5. The number of carbonyl (C=O) groups excluding carboxylic acids is 2. The fraction of sp³-hybridized carbons (Fsp3) is 0.133. The highest BCUT2D eigenvalue weighted by Gasteiger charge is 2.19. The lowest BCUT2D eigenvalue weighted by Gasteiger charge is -2.10. The van der Waals surface area contributed by atoms with Gasteiger partial charge in [0, 0.05) is 5.02 Å². The first kappa shape index (κ1) is 16.8. The minimum Gasteiger partial charge on any atom is -0.366 e. The number of hydrogen-bond acceptors (Lipinski definition) is 5. The van der Waals surface area contributed by atoms with Gasteiger partial charge in [0.2, 0.25) is 5.91 Å². The molecule has 1 aromatic carbocycles. The smallest absolute Gasteiger partial charge is 0.251 e. The Kier molecular flexibility index (Phi) is 4.79. The van der Waals surface area contributed by atoms with Crippen LogP contribution in [0.15, 0.2) is 34.8 Å². The number of H-pyrrole nitrogens is 1. The van der Waals surface area contributed by atoms with E-state index in [1.54, 1.807) is 30.5 Å². The molecule has 9 heteroatoms. The number of rotatable bonds is 5. The molecular weight excluding hydrogens is 368 g/mol. The molecule has 4 N–H and O–H groups in total. The molecule has 0 fully saturated rings. The molecule has 0 spiro atoms. The average molecular weight is 381 g/mol. The van der Waals surface area contributed by atoms with Crippen molar-refractivity contribution in [1.29, 1.82) is 0 Å². The van der Waals surface area contributed by atoms with E-state index in [-0.39, 0.29) is 5.91 Å². The number of nitrogens with one attached hydrogen (secondary N) is 2. The first-order chi connectivity index (χ1) is 11.4. The highest BCUT2D eigenvalue weighted by molar-refractivity contribution is 8.00. The molecule has 6 nitrogen and oxygen atoms in total. The summed E-state index contributed by atoms with van der Waals surface area (Å²) in [4.78, 5) is 31.2. The van der Waals surface area contributed by atoms with Crippen molar-refractivity contribution in [1.82, 2.24) is 9.97 Å². The maximum atomic E-state index is 12.3. The molecule has 0 bridgehead atoms. The van der Waals surface area contributed by atoms with Crippen molar-refractivity contribution < 1.29 is 9.59 Å². The van der Waals surface area contributed by atoms with E-state index in [0.29, 0.717) is 20.7 Å². The Labute approximate surface area is 150 Å². The number of hydrogen-bond donors (Lipinski definition) is 3. The molecule has 1 atom stereocenters. The molecule has 0 saturated carbocycles. The van der Waals surface area contributed by atoms with Crippen molar-refractivity contribution in [3.05, 3.63) is 40.2 Å². The van der Waals surface area contributed by atoms with Gasteiger partial charge in [-0.1, -0.05) is 23.4 Å². The van der Waals surface area contributed by atoms with Crippen LogP contribution in [0, 0.1) is 0 Å². The Morgan fingerprint density at radius 1 is 1.42 bits per heavy atom. The van der Waals surface area contributed by atoms with Gasteiger partial charge in [0.15, 0.2) is 5.16 Å². The Morgan fingerprint density at radius 2 is 2.21 bits per heavy atom. The predicted octanol–water partition coefficient (Wildman–Crippen LogP) is 3.50. The Balaban J connectivity index is 1.71. The van der Waals surface area contributed by atoms with Crippen LogP contribution in [0.2, 0.25) is 5.02 Å². The summed E-state index contributed by atoms with van der Waals surface area (Å²) in [6.07, 6.45) is 0. The number of nitrogens with two attached hydrogens (primary N) is 1. The number of carbonyl (C=O) groups is 2. The van der Waals surface area contributed by atoms with Gasteiger partial charge in [-0.2, -0.15) is 0 Å². The number of benzene rings is 1. The van der Waals surface area contributed by atoms with Crippen LogP contribution in [-0.4, -0.2) is 27.0 Å². The quantitative estimate of drug-likeness (QED) is 0.589. The minimum atomic E-state index is -0.569. The third kappa shape index (κ3) is 3.55. The molecule has 2 amide bonds. The van der Waals surface area contributed by atoms with Crippen LogP contribution >= 0.6 is 34.7 Å². The summed E-state index contributed by atoms with van der Waals surface area (Å²) in [5, 5.41) is 5.71. The van der Waals surface area contributed by atoms with Crippen molar-refractivity contribution in [2.24, 2.45) is 5.73 Å². The molecule has 0 aliphatic rings. The summed E-state index contributed by atoms with van der Waals surface area (Å²) < 4.78 is 0. The SMILES string of the molecule is CC(Sc1nc2ccc(Cl)cc2[nH]1)C(=O)Nc1sccc1C(N)=O. The molecule has 0 aliphatic heterocycles. The molecule has 0 radical (unpaired) electrons. The van der Waals surface area contributed by atoms with Crippen LogP contribution in [0.1, 0.15) is 17.3 Å². The number of amides is 2. The van der Waals surface area contributed by atoms with Crippen LogP contribution in [0.25, 0.3) is 11.0 Å². The molecule has 2 aromatic heterocycles. The van der Waals surface area contributed by atoms with Crippen molar-refractivity contribution in [2.75, 3.05) is 5.32 Å². The topological polar surface area (TPSA) is 101 Å². The second-order valence-corrected chi connectivity index (χ2v) is 7.66. The summed E-state index contributed by atoms with van der Waals surface area (Å²) >= 11 is 8.49. The molecule has 0 saturated heterocycles. The number of aromatic amines is 1. The third-order valence-electron chi connectivity index (χ3n) is 3.25. The summed E-state index contributed by atoms with van der Waals surface area (Å²) in [6, 6.07) is 6.94. The van der Waals surface area contributed by atoms with Gasteiger partial charge in [-0.15, -0.1) is 11.3 Å². The van der Waals surface area contributed by atoms with Crippen molar-refractivity contribution in [3.63, 3.8) is 0 Å². The van der Waals surface area contributed by atoms with Crippen molar-refractivity contribution in [2.45, 2.75) is 17.3 Å². The molecule has 1 unspecified atom stereocenters. The number of halogens is 1. The maximum absolute atomic E-state index is 12.3. The standard InChI is InChI=1S/C15H13ClN4O2S2/c1-7(13(22)20-14-9(12(17)21)4-5-23-14)24-15-18-10-3-2-8(16)6-11(10)19-15/h2-7H,1H3,(H2,17,21)(H,18,19)(H,20,22). The zero-order valence-electron chi connectivity index (χ0n) is 12.5. The zero-order valence-corrected chi connectivity index (χ0v) is 14.9. The van der Waals surface area contributed by atoms with E-state index in [2.05, 4.69) is 15.3 Å². The molecule has 3 aromatic rings. The van der Waals surface area contributed by atoms with Gasteiger partial charge in [0.25, 0.3) is 5.91 Å². The van der Waals surface area contributed by atoms with E-state index in [1.807, 2.05) is 6.07 Å². The first-order valence-electron chi connectivity index (χ1n) is 6.94. The molecule has 124 valence electrons. The van der Waals surface area contributed by atoms with Crippen molar-refractivity contribution in [3.8, 4) is 0 Å². The summed E-state index contributed by atoms with van der Waals surface area (Å²) in [7, 11) is 0.